The van der Waals surface area contributed by atoms with E-state index < -0.39 is 0 Å². The maximum absolute atomic E-state index is 4.74. The summed E-state index contributed by atoms with van der Waals surface area (Å²) in [5.74, 6) is 1.50. The molecule has 1 aliphatic heterocycles. The lowest BCUT2D eigenvalue weighted by atomic mass is 10.2. The summed E-state index contributed by atoms with van der Waals surface area (Å²) in [6, 6.07) is 18.9. The van der Waals surface area contributed by atoms with Crippen molar-refractivity contribution in [3.8, 4) is 0 Å². The molecule has 1 aromatic heterocycles. The third-order valence-corrected chi connectivity index (χ3v) is 5.12. The highest BCUT2D eigenvalue weighted by Crippen LogP contribution is 2.26. The van der Waals surface area contributed by atoms with Gasteiger partial charge < -0.3 is 15.1 Å². The Morgan fingerprint density at radius 3 is 2.54 bits per heavy atom. The predicted molar refractivity (Wildman–Crippen MR) is 117 cm³/mol. The fourth-order valence-electron chi connectivity index (χ4n) is 3.66. The summed E-state index contributed by atoms with van der Waals surface area (Å²) in [5, 5.41) is 3.41. The van der Waals surface area contributed by atoms with Gasteiger partial charge >= 0.3 is 0 Å². The van der Waals surface area contributed by atoms with Gasteiger partial charge in [0.15, 0.2) is 0 Å². The lowest BCUT2D eigenvalue weighted by molar-refractivity contribution is 0.947. The molecule has 0 radical (unpaired) electrons. The molecular weight excluding hydrogens is 346 g/mol. The Morgan fingerprint density at radius 1 is 1.04 bits per heavy atom. The molecule has 0 amide bonds. The average molecular weight is 374 g/mol. The molecule has 0 bridgehead atoms. The van der Waals surface area contributed by atoms with E-state index in [0.717, 1.165) is 36.8 Å². The van der Waals surface area contributed by atoms with Crippen LogP contribution in [-0.2, 0) is 0 Å². The van der Waals surface area contributed by atoms with Crippen molar-refractivity contribution in [1.82, 2.24) is 9.97 Å². The third kappa shape index (κ3) is 4.09. The summed E-state index contributed by atoms with van der Waals surface area (Å²) in [6.07, 6.45) is 4.39. The molecule has 1 aliphatic rings. The molecule has 4 rings (SSSR count). The van der Waals surface area contributed by atoms with Gasteiger partial charge in [-0.15, -0.1) is 0 Å². The second kappa shape index (κ2) is 8.30. The number of aryl methyl sites for hydroxylation is 1. The van der Waals surface area contributed by atoms with Crippen molar-refractivity contribution in [3.05, 3.63) is 66.4 Å². The molecule has 1 N–H and O–H groups in total. The molecule has 0 atom stereocenters. The molecular formula is C23H27N5. The van der Waals surface area contributed by atoms with E-state index in [9.17, 15) is 0 Å². The monoisotopic (exact) mass is 373 g/mol. The van der Waals surface area contributed by atoms with E-state index in [-0.39, 0.29) is 0 Å². The summed E-state index contributed by atoms with van der Waals surface area (Å²) in [6.45, 7) is 7.34. The molecule has 144 valence electrons. The van der Waals surface area contributed by atoms with Crippen LogP contribution >= 0.6 is 0 Å². The number of hydrogen-bond donors (Lipinski definition) is 1. The van der Waals surface area contributed by atoms with Crippen LogP contribution in [0.15, 0.2) is 60.8 Å². The van der Waals surface area contributed by atoms with Crippen molar-refractivity contribution in [2.24, 2.45) is 0 Å². The largest absolute Gasteiger partial charge is 0.372 e. The van der Waals surface area contributed by atoms with Crippen LogP contribution in [0.2, 0.25) is 0 Å². The molecule has 28 heavy (non-hydrogen) atoms. The minimum absolute atomic E-state index is 0.701. The molecule has 5 nitrogen and oxygen atoms in total. The van der Waals surface area contributed by atoms with Crippen molar-refractivity contribution in [2.45, 2.75) is 26.7 Å². The lowest BCUT2D eigenvalue weighted by Gasteiger charge is -2.22. The minimum atomic E-state index is 0.701. The molecule has 5 heteroatoms. The third-order valence-electron chi connectivity index (χ3n) is 5.12. The summed E-state index contributed by atoms with van der Waals surface area (Å²) in [7, 11) is 0. The van der Waals surface area contributed by atoms with Crippen LogP contribution in [0.3, 0.4) is 0 Å². The smallest absolute Gasteiger partial charge is 0.231 e. The van der Waals surface area contributed by atoms with Crippen molar-refractivity contribution >= 4 is 28.8 Å². The van der Waals surface area contributed by atoms with Crippen LogP contribution in [0.5, 0.6) is 0 Å². The van der Waals surface area contributed by atoms with E-state index in [1.165, 1.54) is 24.1 Å². The first-order chi connectivity index (χ1) is 13.7. The van der Waals surface area contributed by atoms with Crippen LogP contribution in [0.25, 0.3) is 0 Å². The van der Waals surface area contributed by atoms with Crippen molar-refractivity contribution < 1.29 is 0 Å². The van der Waals surface area contributed by atoms with E-state index in [4.69, 9.17) is 4.98 Å². The van der Waals surface area contributed by atoms with Gasteiger partial charge in [0, 0.05) is 42.9 Å². The molecule has 0 spiro atoms. The van der Waals surface area contributed by atoms with Gasteiger partial charge in [-0.05, 0) is 74.7 Å². The Hall–Kier alpha value is -3.08. The van der Waals surface area contributed by atoms with Gasteiger partial charge in [0.05, 0.1) is 0 Å². The fraction of sp³-hybridized carbons (Fsp3) is 0.304. The van der Waals surface area contributed by atoms with E-state index in [2.05, 4.69) is 82.5 Å². The second-order valence-corrected chi connectivity index (χ2v) is 7.19. The van der Waals surface area contributed by atoms with Crippen molar-refractivity contribution in [2.75, 3.05) is 34.8 Å². The molecule has 1 saturated heterocycles. The highest BCUT2D eigenvalue weighted by atomic mass is 15.3. The Morgan fingerprint density at radius 2 is 1.82 bits per heavy atom. The zero-order valence-electron chi connectivity index (χ0n) is 16.6. The number of anilines is 5. The van der Waals surface area contributed by atoms with Crippen LogP contribution in [-0.4, -0.2) is 29.6 Å². The fourth-order valence-corrected chi connectivity index (χ4v) is 3.66. The first kappa shape index (κ1) is 18.3. The standard InChI is InChI=1S/C23H27N5/c1-3-28(21-8-6-7-18(2)17-21)23-24-14-13-22(26-23)25-19-9-11-20(12-10-19)27-15-4-5-16-27/h6-14,17H,3-5,15-16H2,1-2H3,(H,24,25,26). The highest BCUT2D eigenvalue weighted by molar-refractivity contribution is 5.63. The molecule has 0 unspecified atom stereocenters. The summed E-state index contributed by atoms with van der Waals surface area (Å²) in [4.78, 5) is 13.8. The highest BCUT2D eigenvalue weighted by Gasteiger charge is 2.13. The number of hydrogen-bond acceptors (Lipinski definition) is 5. The molecule has 3 aromatic rings. The van der Waals surface area contributed by atoms with Gasteiger partial charge in [0.1, 0.15) is 5.82 Å². The van der Waals surface area contributed by atoms with Crippen LogP contribution in [0, 0.1) is 6.92 Å². The first-order valence-electron chi connectivity index (χ1n) is 10.0. The number of nitrogens with one attached hydrogen (secondary N) is 1. The van der Waals surface area contributed by atoms with Gasteiger partial charge in [-0.3, -0.25) is 0 Å². The lowest BCUT2D eigenvalue weighted by Crippen LogP contribution is -2.19. The normalized spacial score (nSPS) is 13.6. The zero-order chi connectivity index (χ0) is 19.3. The van der Waals surface area contributed by atoms with E-state index in [1.54, 1.807) is 0 Å². The van der Waals surface area contributed by atoms with Gasteiger partial charge in [-0.1, -0.05) is 12.1 Å². The summed E-state index contributed by atoms with van der Waals surface area (Å²) < 4.78 is 0. The van der Waals surface area contributed by atoms with E-state index in [1.807, 2.05) is 12.3 Å². The topological polar surface area (TPSA) is 44.3 Å². The number of rotatable bonds is 6. The van der Waals surface area contributed by atoms with Crippen LogP contribution in [0.1, 0.15) is 25.3 Å². The van der Waals surface area contributed by atoms with Gasteiger partial charge in [-0.2, -0.15) is 4.98 Å². The number of nitrogens with zero attached hydrogens (tertiary/aromatic N) is 4. The Labute approximate surface area is 167 Å². The maximum Gasteiger partial charge on any atom is 0.231 e. The van der Waals surface area contributed by atoms with E-state index in [0.29, 0.717) is 5.95 Å². The Bertz CT molecular complexity index is 916. The molecule has 0 aliphatic carbocycles. The SMILES string of the molecule is CCN(c1cccc(C)c1)c1nccc(Nc2ccc(N3CCCC3)cc2)n1. The minimum Gasteiger partial charge on any atom is -0.372 e. The quantitative estimate of drug-likeness (QED) is 0.636. The van der Waals surface area contributed by atoms with E-state index >= 15 is 0 Å². The van der Waals surface area contributed by atoms with Crippen LogP contribution < -0.4 is 15.1 Å². The summed E-state index contributed by atoms with van der Waals surface area (Å²) >= 11 is 0. The zero-order valence-corrected chi connectivity index (χ0v) is 16.6. The Kier molecular flexibility index (Phi) is 5.42. The van der Waals surface area contributed by atoms with Crippen molar-refractivity contribution in [1.29, 1.82) is 0 Å². The van der Waals surface area contributed by atoms with Crippen LogP contribution in [0.4, 0.5) is 28.8 Å². The van der Waals surface area contributed by atoms with Crippen molar-refractivity contribution in [3.63, 3.8) is 0 Å². The second-order valence-electron chi connectivity index (χ2n) is 7.19. The maximum atomic E-state index is 4.74. The predicted octanol–water partition coefficient (Wildman–Crippen LogP) is 5.29. The van der Waals surface area contributed by atoms with Gasteiger partial charge in [0.25, 0.3) is 0 Å². The molecule has 1 fully saturated rings. The molecule has 2 aromatic carbocycles. The van der Waals surface area contributed by atoms with Gasteiger partial charge in [0.2, 0.25) is 5.95 Å². The Balaban J connectivity index is 1.51. The molecule has 0 saturated carbocycles. The number of aromatic nitrogens is 2. The summed E-state index contributed by atoms with van der Waals surface area (Å²) in [5.41, 5.74) is 4.66. The number of benzene rings is 2. The average Bonchev–Trinajstić information content (AvgIpc) is 3.24. The molecule has 2 heterocycles. The van der Waals surface area contributed by atoms with Gasteiger partial charge in [-0.25, -0.2) is 4.98 Å². The first-order valence-corrected chi connectivity index (χ1v) is 10.0.